The van der Waals surface area contributed by atoms with Crippen molar-refractivity contribution in [3.8, 4) is 5.75 Å². The summed E-state index contributed by atoms with van der Waals surface area (Å²) >= 11 is 13.9. The summed E-state index contributed by atoms with van der Waals surface area (Å²) in [6, 6.07) is 21.0. The van der Waals surface area contributed by atoms with Gasteiger partial charge in [0.2, 0.25) is 0 Å². The molecule has 1 amide bonds. The zero-order chi connectivity index (χ0) is 23.4. The van der Waals surface area contributed by atoms with Crippen LogP contribution in [0, 0.1) is 13.8 Å². The fourth-order valence-electron chi connectivity index (χ4n) is 3.22. The molecule has 7 heteroatoms. The van der Waals surface area contributed by atoms with E-state index in [1.807, 2.05) is 62.4 Å². The van der Waals surface area contributed by atoms with Gasteiger partial charge in [-0.05, 0) is 55.8 Å². The quantitative estimate of drug-likeness (QED) is 0.268. The minimum Gasteiger partial charge on any atom is -0.493 e. The number of ether oxygens (including phenoxy) is 1. The largest absolute Gasteiger partial charge is 0.493 e. The van der Waals surface area contributed by atoms with Crippen molar-refractivity contribution in [1.82, 2.24) is 0 Å². The van der Waals surface area contributed by atoms with Gasteiger partial charge in [0, 0.05) is 5.75 Å². The summed E-state index contributed by atoms with van der Waals surface area (Å²) in [6.45, 7) is 4.53. The van der Waals surface area contributed by atoms with E-state index in [-0.39, 0.29) is 5.91 Å². The number of nitrogens with zero attached hydrogens (tertiary/aromatic N) is 2. The molecule has 0 atom stereocenters. The Balaban J connectivity index is 1.55. The number of anilines is 1. The highest BCUT2D eigenvalue weighted by molar-refractivity contribution is 8.14. The Kier molecular flexibility index (Phi) is 7.43. The molecule has 168 valence electrons. The zero-order valence-corrected chi connectivity index (χ0v) is 20.5. The average molecular weight is 497 g/mol. The van der Waals surface area contributed by atoms with E-state index in [0.29, 0.717) is 38.8 Å². The van der Waals surface area contributed by atoms with Crippen LogP contribution in [0.25, 0.3) is 6.08 Å². The monoisotopic (exact) mass is 496 g/mol. The number of amides is 1. The molecule has 0 N–H and O–H groups in total. The highest BCUT2D eigenvalue weighted by atomic mass is 35.5. The number of aryl methyl sites for hydroxylation is 2. The van der Waals surface area contributed by atoms with Gasteiger partial charge in [-0.3, -0.25) is 9.69 Å². The Morgan fingerprint density at radius 1 is 0.970 bits per heavy atom. The molecule has 3 aromatic rings. The molecule has 4 rings (SSSR count). The van der Waals surface area contributed by atoms with E-state index in [4.69, 9.17) is 27.9 Å². The molecule has 0 aliphatic carbocycles. The summed E-state index contributed by atoms with van der Waals surface area (Å²) in [5, 5.41) is 1.42. The molecule has 0 radical (unpaired) electrons. The normalized spacial score (nSPS) is 14.7. The van der Waals surface area contributed by atoms with Crippen molar-refractivity contribution in [2.75, 3.05) is 17.3 Å². The van der Waals surface area contributed by atoms with Gasteiger partial charge in [-0.2, -0.15) is 0 Å². The molecule has 1 aliphatic rings. The lowest BCUT2D eigenvalue weighted by molar-refractivity contribution is -0.113. The van der Waals surface area contributed by atoms with E-state index >= 15 is 0 Å². The Labute approximate surface area is 207 Å². The smallest absolute Gasteiger partial charge is 0.283 e. The topological polar surface area (TPSA) is 41.9 Å². The summed E-state index contributed by atoms with van der Waals surface area (Å²) < 4.78 is 5.83. The van der Waals surface area contributed by atoms with Crippen molar-refractivity contribution in [2.24, 2.45) is 4.99 Å². The number of amidine groups is 1. The summed E-state index contributed by atoms with van der Waals surface area (Å²) in [4.78, 5) is 19.6. The number of halogens is 2. The molecule has 0 spiro atoms. The number of rotatable bonds is 6. The molecule has 0 unspecified atom stereocenters. The van der Waals surface area contributed by atoms with E-state index < -0.39 is 0 Å². The van der Waals surface area contributed by atoms with Crippen LogP contribution in [0.2, 0.25) is 10.0 Å². The second-order valence-corrected chi connectivity index (χ2v) is 9.40. The molecular formula is C26H22Cl2N2O2S. The lowest BCUT2D eigenvalue weighted by Gasteiger charge is -2.18. The first kappa shape index (κ1) is 23.4. The van der Waals surface area contributed by atoms with Gasteiger partial charge >= 0.3 is 0 Å². The molecule has 0 aromatic heterocycles. The van der Waals surface area contributed by atoms with Crippen LogP contribution in [0.4, 0.5) is 5.69 Å². The fraction of sp³-hybridized carbons (Fsp3) is 0.154. The number of carbonyl (C=O) groups excluding carboxylic acids is 1. The number of aliphatic imine (C=N–C) groups is 1. The first-order chi connectivity index (χ1) is 15.9. The van der Waals surface area contributed by atoms with Gasteiger partial charge < -0.3 is 4.74 Å². The Bertz CT molecular complexity index is 1220. The van der Waals surface area contributed by atoms with Crippen LogP contribution in [-0.4, -0.2) is 23.4 Å². The Morgan fingerprint density at radius 3 is 2.33 bits per heavy atom. The molecule has 0 saturated heterocycles. The third kappa shape index (κ3) is 5.61. The van der Waals surface area contributed by atoms with Crippen molar-refractivity contribution in [2.45, 2.75) is 13.8 Å². The van der Waals surface area contributed by atoms with Crippen LogP contribution in [0.3, 0.4) is 0 Å². The van der Waals surface area contributed by atoms with Crippen molar-refractivity contribution in [3.63, 3.8) is 0 Å². The number of carbonyl (C=O) groups is 1. The summed E-state index contributed by atoms with van der Waals surface area (Å²) in [6.07, 6.45) is 1.67. The summed E-state index contributed by atoms with van der Waals surface area (Å²) in [7, 11) is 0. The van der Waals surface area contributed by atoms with Crippen molar-refractivity contribution in [1.29, 1.82) is 0 Å². The SMILES string of the molecule is Cc1ccc(OCCSC2=NC(=Cc3cccc(Cl)c3Cl)C(=O)N2c2ccc(C)cc2)cc1. The minimum atomic E-state index is -0.211. The van der Waals surface area contributed by atoms with Gasteiger partial charge in [-0.25, -0.2) is 4.99 Å². The van der Waals surface area contributed by atoms with E-state index in [1.54, 1.807) is 29.2 Å². The summed E-state index contributed by atoms with van der Waals surface area (Å²) in [5.74, 6) is 1.24. The summed E-state index contributed by atoms with van der Waals surface area (Å²) in [5.41, 5.74) is 4.01. The molecule has 0 bridgehead atoms. The van der Waals surface area contributed by atoms with Gasteiger partial charge in [0.15, 0.2) is 5.17 Å². The zero-order valence-electron chi connectivity index (χ0n) is 18.2. The predicted molar refractivity (Wildman–Crippen MR) is 140 cm³/mol. The highest BCUT2D eigenvalue weighted by Crippen LogP contribution is 2.32. The van der Waals surface area contributed by atoms with E-state index in [0.717, 1.165) is 17.0 Å². The second-order valence-electron chi connectivity index (χ2n) is 7.55. The van der Waals surface area contributed by atoms with Crippen LogP contribution in [0.1, 0.15) is 16.7 Å². The first-order valence-electron chi connectivity index (χ1n) is 10.4. The number of hydrogen-bond acceptors (Lipinski definition) is 4. The fourth-order valence-corrected chi connectivity index (χ4v) is 4.41. The maximum atomic E-state index is 13.3. The molecule has 1 aliphatic heterocycles. The Hall–Kier alpha value is -2.73. The molecule has 4 nitrogen and oxygen atoms in total. The standard InChI is InChI=1S/C26H22Cl2N2O2S/c1-17-6-10-20(11-7-17)30-25(31)23(16-19-4-3-5-22(27)24(19)28)29-26(30)33-15-14-32-21-12-8-18(2)9-13-21/h3-13,16H,14-15H2,1-2H3. The van der Waals surface area contributed by atoms with Crippen LogP contribution in [-0.2, 0) is 4.79 Å². The van der Waals surface area contributed by atoms with Gasteiger partial charge in [-0.1, -0.05) is 82.5 Å². The van der Waals surface area contributed by atoms with Crippen LogP contribution in [0.5, 0.6) is 5.75 Å². The van der Waals surface area contributed by atoms with E-state index in [1.165, 1.54) is 17.3 Å². The highest BCUT2D eigenvalue weighted by Gasteiger charge is 2.32. The maximum absolute atomic E-state index is 13.3. The number of benzene rings is 3. The van der Waals surface area contributed by atoms with E-state index in [2.05, 4.69) is 4.99 Å². The third-order valence-corrected chi connectivity index (χ3v) is 6.74. The van der Waals surface area contributed by atoms with Crippen molar-refractivity contribution in [3.05, 3.63) is 99.2 Å². The lowest BCUT2D eigenvalue weighted by Crippen LogP contribution is -2.30. The Morgan fingerprint density at radius 2 is 1.64 bits per heavy atom. The average Bonchev–Trinajstić information content (AvgIpc) is 3.11. The predicted octanol–water partition coefficient (Wildman–Crippen LogP) is 7.17. The van der Waals surface area contributed by atoms with Gasteiger partial charge in [-0.15, -0.1) is 0 Å². The maximum Gasteiger partial charge on any atom is 0.283 e. The second kappa shape index (κ2) is 10.5. The molecular weight excluding hydrogens is 475 g/mol. The van der Waals surface area contributed by atoms with Crippen LogP contribution < -0.4 is 9.64 Å². The molecule has 0 saturated carbocycles. The van der Waals surface area contributed by atoms with E-state index in [9.17, 15) is 4.79 Å². The molecule has 0 fully saturated rings. The van der Waals surface area contributed by atoms with Crippen LogP contribution >= 0.6 is 35.0 Å². The third-order valence-electron chi connectivity index (χ3n) is 5.00. The number of thioether (sulfide) groups is 1. The van der Waals surface area contributed by atoms with Crippen molar-refractivity contribution >= 4 is 57.8 Å². The minimum absolute atomic E-state index is 0.211. The molecule has 33 heavy (non-hydrogen) atoms. The lowest BCUT2D eigenvalue weighted by atomic mass is 10.2. The number of hydrogen-bond donors (Lipinski definition) is 0. The first-order valence-corrected chi connectivity index (χ1v) is 12.1. The van der Waals surface area contributed by atoms with Crippen LogP contribution in [0.15, 0.2) is 77.4 Å². The molecule has 1 heterocycles. The van der Waals surface area contributed by atoms with Gasteiger partial charge in [0.25, 0.3) is 5.91 Å². The van der Waals surface area contributed by atoms with Gasteiger partial charge in [0.05, 0.1) is 22.3 Å². The molecule has 3 aromatic carbocycles. The van der Waals surface area contributed by atoms with Gasteiger partial charge in [0.1, 0.15) is 11.4 Å². The van der Waals surface area contributed by atoms with Crippen molar-refractivity contribution < 1.29 is 9.53 Å².